The first-order valence-electron chi connectivity index (χ1n) is 4.39. The fourth-order valence-electron chi connectivity index (χ4n) is 1.04. The average molecular weight is 266 g/mol. The third-order valence-electron chi connectivity index (χ3n) is 1.73. The number of carbonyl (C=O) groups is 1. The fraction of sp³-hybridized carbons (Fsp3) is 0.300. The van der Waals surface area contributed by atoms with Crippen LogP contribution in [0.3, 0.4) is 0 Å². The van der Waals surface area contributed by atoms with E-state index in [0.717, 1.165) is 0 Å². The lowest BCUT2D eigenvalue weighted by Crippen LogP contribution is -2.10. The first-order chi connectivity index (χ1) is 7.19. The molecular weight excluding hydrogens is 253 g/mol. The third-order valence-corrected chi connectivity index (χ3v) is 2.05. The molecule has 4 nitrogen and oxygen atoms in total. The lowest BCUT2D eigenvalue weighted by atomic mass is 10.2. The van der Waals surface area contributed by atoms with E-state index < -0.39 is 5.97 Å². The maximum Gasteiger partial charge on any atom is 0.339 e. The van der Waals surface area contributed by atoms with E-state index in [1.54, 1.807) is 18.2 Å². The largest absolute Gasteiger partial charge is 0.492 e. The van der Waals surface area contributed by atoms with Crippen LogP contribution in [0.2, 0.25) is 5.02 Å². The van der Waals surface area contributed by atoms with E-state index in [1.165, 1.54) is 7.11 Å². The van der Waals surface area contributed by atoms with Crippen molar-refractivity contribution < 1.29 is 14.3 Å². The van der Waals surface area contributed by atoms with Gasteiger partial charge in [-0.25, -0.2) is 4.79 Å². The number of halogens is 2. The third kappa shape index (κ3) is 3.89. The van der Waals surface area contributed by atoms with Gasteiger partial charge >= 0.3 is 5.97 Å². The van der Waals surface area contributed by atoms with E-state index in [0.29, 0.717) is 29.5 Å². The molecule has 16 heavy (non-hydrogen) atoms. The summed E-state index contributed by atoms with van der Waals surface area (Å²) in [6, 6.07) is 4.76. The highest BCUT2D eigenvalue weighted by molar-refractivity contribution is 6.33. The van der Waals surface area contributed by atoms with Crippen molar-refractivity contribution in [3.05, 3.63) is 28.8 Å². The molecular formula is C10H13Cl2NO3. The second kappa shape index (κ2) is 7.33. The Morgan fingerprint density at radius 1 is 1.50 bits per heavy atom. The first kappa shape index (κ1) is 15.0. The maximum absolute atomic E-state index is 11.2. The van der Waals surface area contributed by atoms with Gasteiger partial charge in [-0.3, -0.25) is 0 Å². The second-order valence-electron chi connectivity index (χ2n) is 2.77. The summed E-state index contributed by atoms with van der Waals surface area (Å²) >= 11 is 5.87. The Bertz CT molecular complexity index is 358. The molecule has 0 aromatic heterocycles. The smallest absolute Gasteiger partial charge is 0.339 e. The van der Waals surface area contributed by atoms with Crippen LogP contribution in [0.1, 0.15) is 10.4 Å². The van der Waals surface area contributed by atoms with Crippen LogP contribution in [0.15, 0.2) is 18.2 Å². The molecule has 0 amide bonds. The summed E-state index contributed by atoms with van der Waals surface area (Å²) in [5, 5.41) is 0.302. The summed E-state index contributed by atoms with van der Waals surface area (Å²) in [5.74, 6) is 0.114. The number of carbonyl (C=O) groups excluding carboxylic acids is 1. The first-order valence-corrected chi connectivity index (χ1v) is 4.77. The van der Waals surface area contributed by atoms with Crippen LogP contribution in [-0.4, -0.2) is 26.2 Å². The van der Waals surface area contributed by atoms with Crippen LogP contribution in [0.4, 0.5) is 0 Å². The molecule has 0 saturated heterocycles. The lowest BCUT2D eigenvalue weighted by molar-refractivity contribution is 0.0601. The van der Waals surface area contributed by atoms with Crippen molar-refractivity contribution in [1.29, 1.82) is 0 Å². The average Bonchev–Trinajstić information content (AvgIpc) is 2.25. The van der Waals surface area contributed by atoms with E-state index >= 15 is 0 Å². The minimum atomic E-state index is -0.467. The molecule has 0 aliphatic heterocycles. The second-order valence-corrected chi connectivity index (χ2v) is 3.18. The lowest BCUT2D eigenvalue weighted by Gasteiger charge is -2.06. The van der Waals surface area contributed by atoms with Gasteiger partial charge in [0.25, 0.3) is 0 Å². The molecule has 0 saturated carbocycles. The molecule has 0 bridgehead atoms. The maximum atomic E-state index is 11.2. The van der Waals surface area contributed by atoms with Crippen LogP contribution >= 0.6 is 24.0 Å². The van der Waals surface area contributed by atoms with Gasteiger partial charge < -0.3 is 15.2 Å². The number of nitrogens with two attached hydrogens (primary N) is 1. The van der Waals surface area contributed by atoms with Crippen LogP contribution in [0.25, 0.3) is 0 Å². The minimum absolute atomic E-state index is 0. The molecule has 0 spiro atoms. The monoisotopic (exact) mass is 265 g/mol. The van der Waals surface area contributed by atoms with E-state index in [-0.39, 0.29) is 12.4 Å². The van der Waals surface area contributed by atoms with Gasteiger partial charge in [-0.15, -0.1) is 12.4 Å². The van der Waals surface area contributed by atoms with E-state index in [9.17, 15) is 4.79 Å². The number of esters is 1. The van der Waals surface area contributed by atoms with E-state index in [2.05, 4.69) is 4.74 Å². The van der Waals surface area contributed by atoms with Crippen molar-refractivity contribution >= 4 is 30.0 Å². The van der Waals surface area contributed by atoms with Crippen LogP contribution in [0, 0.1) is 0 Å². The SMILES string of the molecule is COC(=O)c1ccc(OCCN)cc1Cl.Cl. The molecule has 0 aliphatic rings. The van der Waals surface area contributed by atoms with Crippen LogP contribution in [-0.2, 0) is 4.74 Å². The van der Waals surface area contributed by atoms with Crippen molar-refractivity contribution in [3.63, 3.8) is 0 Å². The van der Waals surface area contributed by atoms with Crippen LogP contribution in [0.5, 0.6) is 5.75 Å². The molecule has 2 N–H and O–H groups in total. The Hall–Kier alpha value is -0.970. The Morgan fingerprint density at radius 2 is 2.19 bits per heavy atom. The van der Waals surface area contributed by atoms with Gasteiger partial charge in [0.15, 0.2) is 0 Å². The predicted molar refractivity (Wildman–Crippen MR) is 64.6 cm³/mol. The van der Waals surface area contributed by atoms with Gasteiger partial charge in [-0.1, -0.05) is 11.6 Å². The summed E-state index contributed by atoms with van der Waals surface area (Å²) in [7, 11) is 1.30. The molecule has 6 heteroatoms. The molecule has 1 aromatic carbocycles. The number of hydrogen-bond donors (Lipinski definition) is 1. The molecule has 0 radical (unpaired) electrons. The highest BCUT2D eigenvalue weighted by Gasteiger charge is 2.10. The zero-order chi connectivity index (χ0) is 11.3. The molecule has 0 aliphatic carbocycles. The molecule has 0 unspecified atom stereocenters. The molecule has 1 aromatic rings. The van der Waals surface area contributed by atoms with E-state index in [4.69, 9.17) is 22.1 Å². The van der Waals surface area contributed by atoms with Crippen molar-refractivity contribution in [3.8, 4) is 5.75 Å². The van der Waals surface area contributed by atoms with Gasteiger partial charge in [0.1, 0.15) is 12.4 Å². The summed E-state index contributed by atoms with van der Waals surface area (Å²) in [4.78, 5) is 11.2. The number of methoxy groups -OCH3 is 1. The van der Waals surface area contributed by atoms with Crippen molar-refractivity contribution in [2.75, 3.05) is 20.3 Å². The highest BCUT2D eigenvalue weighted by Crippen LogP contribution is 2.23. The summed E-state index contributed by atoms with van der Waals surface area (Å²) in [6.07, 6.45) is 0. The van der Waals surface area contributed by atoms with Gasteiger partial charge in [0, 0.05) is 6.54 Å². The zero-order valence-electron chi connectivity index (χ0n) is 8.73. The van der Waals surface area contributed by atoms with Crippen molar-refractivity contribution in [2.24, 2.45) is 5.73 Å². The van der Waals surface area contributed by atoms with Gasteiger partial charge in [-0.05, 0) is 18.2 Å². The Morgan fingerprint density at radius 3 is 2.69 bits per heavy atom. The Balaban J connectivity index is 0.00000225. The molecule has 0 fully saturated rings. The molecule has 90 valence electrons. The fourth-order valence-corrected chi connectivity index (χ4v) is 1.29. The molecule has 0 heterocycles. The van der Waals surface area contributed by atoms with Crippen molar-refractivity contribution in [1.82, 2.24) is 0 Å². The Kier molecular flexibility index (Phi) is 6.88. The minimum Gasteiger partial charge on any atom is -0.492 e. The quantitative estimate of drug-likeness (QED) is 0.845. The van der Waals surface area contributed by atoms with Gasteiger partial charge in [-0.2, -0.15) is 0 Å². The number of benzene rings is 1. The zero-order valence-corrected chi connectivity index (χ0v) is 10.3. The predicted octanol–water partition coefficient (Wildman–Crippen LogP) is 1.89. The number of rotatable bonds is 4. The topological polar surface area (TPSA) is 61.5 Å². The summed E-state index contributed by atoms with van der Waals surface area (Å²) in [6.45, 7) is 0.838. The number of ether oxygens (including phenoxy) is 2. The molecule has 0 atom stereocenters. The van der Waals surface area contributed by atoms with Gasteiger partial charge in [0.05, 0.1) is 17.7 Å². The standard InChI is InChI=1S/C10H12ClNO3.ClH/c1-14-10(13)8-3-2-7(6-9(8)11)15-5-4-12;/h2-3,6H,4-5,12H2,1H3;1H. The van der Waals surface area contributed by atoms with Gasteiger partial charge in [0.2, 0.25) is 0 Å². The summed E-state index contributed by atoms with van der Waals surface area (Å²) in [5.41, 5.74) is 5.60. The summed E-state index contributed by atoms with van der Waals surface area (Å²) < 4.78 is 9.80. The normalized spacial score (nSPS) is 9.19. The van der Waals surface area contributed by atoms with E-state index in [1.807, 2.05) is 0 Å². The molecule has 1 rings (SSSR count). The number of hydrogen-bond acceptors (Lipinski definition) is 4. The highest BCUT2D eigenvalue weighted by atomic mass is 35.5. The van der Waals surface area contributed by atoms with Crippen LogP contribution < -0.4 is 10.5 Å². The van der Waals surface area contributed by atoms with Crippen molar-refractivity contribution in [2.45, 2.75) is 0 Å². The Labute approximate surface area is 105 Å².